The lowest BCUT2D eigenvalue weighted by molar-refractivity contribution is -0.137. The number of nitrogens with zero attached hydrogens (tertiary/aromatic N) is 17. The van der Waals surface area contributed by atoms with Gasteiger partial charge in [-0.25, -0.2) is 9.36 Å². The molecule has 0 spiro atoms. The van der Waals surface area contributed by atoms with E-state index in [4.69, 9.17) is 40.6 Å². The highest BCUT2D eigenvalue weighted by Gasteiger charge is 2.46. The summed E-state index contributed by atoms with van der Waals surface area (Å²) in [7, 11) is 0. The molecule has 7 amide bonds. The van der Waals surface area contributed by atoms with Crippen molar-refractivity contribution in [2.24, 2.45) is 23.3 Å². The van der Waals surface area contributed by atoms with Crippen molar-refractivity contribution in [1.82, 2.24) is 80.0 Å². The van der Waals surface area contributed by atoms with E-state index in [9.17, 15) is 43.8 Å². The molecule has 8 heterocycles. The molecule has 4 aliphatic rings. The fourth-order valence-electron chi connectivity index (χ4n) is 12.9. The van der Waals surface area contributed by atoms with Crippen molar-refractivity contribution in [3.05, 3.63) is 125 Å². The molecule has 34 heteroatoms. The summed E-state index contributed by atoms with van der Waals surface area (Å²) in [5.74, 6) is -1.45. The Morgan fingerprint density at radius 1 is 0.629 bits per heavy atom. The van der Waals surface area contributed by atoms with Crippen molar-refractivity contribution in [1.29, 1.82) is 0 Å². The third-order valence-corrected chi connectivity index (χ3v) is 19.7. The second kappa shape index (κ2) is 35.8. The number of phenols is 2. The lowest BCUT2D eigenvalue weighted by atomic mass is 9.98. The molecule has 3 aromatic carbocycles. The molecule has 0 saturated carbocycles. The number of unbranched alkanes of at least 4 members (excludes halogenated alkanes) is 2. The number of phenolic OH excluding ortho intramolecular Hbond substituents is 2. The van der Waals surface area contributed by atoms with Crippen molar-refractivity contribution in [2.45, 2.75) is 135 Å². The van der Waals surface area contributed by atoms with Crippen molar-refractivity contribution in [3.8, 4) is 11.5 Å². The number of aryl methyl sites for hydroxylation is 1. The van der Waals surface area contributed by atoms with Gasteiger partial charge >= 0.3 is 0 Å². The highest BCUT2D eigenvalue weighted by Crippen LogP contribution is 2.34. The summed E-state index contributed by atoms with van der Waals surface area (Å²) < 4.78 is 22.4. The van der Waals surface area contributed by atoms with Gasteiger partial charge in [-0.2, -0.15) is 15.0 Å². The van der Waals surface area contributed by atoms with Gasteiger partial charge in [-0.15, -0.1) is 15.3 Å². The van der Waals surface area contributed by atoms with E-state index in [1.807, 2.05) is 19.6 Å². The number of imide groups is 2. The van der Waals surface area contributed by atoms with Crippen LogP contribution in [0.25, 0.3) is 0 Å². The normalized spacial score (nSPS) is 17.3. The number of ether oxygens (including phenoxy) is 3. The quantitative estimate of drug-likeness (QED) is 0.0217. The van der Waals surface area contributed by atoms with Crippen molar-refractivity contribution < 1.29 is 58.0 Å². The number of rotatable bonds is 36. The number of piperazine rings is 2. The van der Waals surface area contributed by atoms with E-state index in [1.54, 1.807) is 93.3 Å². The number of aromatic hydroxyl groups is 2. The largest absolute Gasteiger partial charge is 0.508 e. The highest BCUT2D eigenvalue weighted by atomic mass is 16.5. The van der Waals surface area contributed by atoms with E-state index in [0.717, 1.165) is 35.3 Å². The van der Waals surface area contributed by atoms with Gasteiger partial charge in [0.25, 0.3) is 11.8 Å². The zero-order valence-electron chi connectivity index (χ0n) is 59.7. The number of aromatic nitrogens is 12. The average molecular weight is 1450 g/mol. The first kappa shape index (κ1) is 75.7. The minimum absolute atomic E-state index is 0.00114. The minimum Gasteiger partial charge on any atom is -0.508 e. The van der Waals surface area contributed by atoms with Crippen molar-refractivity contribution >= 4 is 64.9 Å². The lowest BCUT2D eigenvalue weighted by Gasteiger charge is -2.38. The number of carbonyl (C=O) groups is 7. The molecule has 0 bridgehead atoms. The molecule has 3 fully saturated rings. The Morgan fingerprint density at radius 2 is 1.17 bits per heavy atom. The number of benzene rings is 3. The maximum atomic E-state index is 14.7. The number of nitrogens with one attached hydrogen (secondary N) is 3. The molecule has 7 aromatic rings. The third kappa shape index (κ3) is 19.3. The summed E-state index contributed by atoms with van der Waals surface area (Å²) in [5, 5.41) is 54.5. The van der Waals surface area contributed by atoms with E-state index in [2.05, 4.69) is 74.6 Å². The number of piperidine rings is 1. The van der Waals surface area contributed by atoms with Gasteiger partial charge in [0.05, 0.1) is 98.5 Å². The number of anilines is 4. The van der Waals surface area contributed by atoms with Gasteiger partial charge in [-0.1, -0.05) is 92.9 Å². The topological polar surface area (TPSA) is 423 Å². The van der Waals surface area contributed by atoms with E-state index in [1.165, 1.54) is 6.07 Å². The van der Waals surface area contributed by atoms with Crippen LogP contribution in [0.1, 0.15) is 152 Å². The first-order valence-corrected chi connectivity index (χ1v) is 36.1. The first-order valence-electron chi connectivity index (χ1n) is 36.1. The van der Waals surface area contributed by atoms with E-state index < -0.39 is 41.8 Å². The van der Waals surface area contributed by atoms with Gasteiger partial charge in [0.2, 0.25) is 47.4 Å². The molecule has 3 saturated heterocycles. The fraction of sp³-hybridized carbons (Fsp3) is 0.521. The number of amides is 7. The fourth-order valence-corrected chi connectivity index (χ4v) is 12.9. The predicted molar refractivity (Wildman–Crippen MR) is 382 cm³/mol. The Balaban J connectivity index is 0.643. The number of hydrogen-bond acceptors (Lipinski definition) is 26. The summed E-state index contributed by atoms with van der Waals surface area (Å²) in [4.78, 5) is 117. The smallest absolute Gasteiger partial charge is 0.264 e. The molecule has 9 N–H and O–H groups in total. The molecule has 0 radical (unpaired) electrons. The molecule has 4 aromatic heterocycles. The SMILES string of the molecule is CCC(C)C(N)c1cn(C(Cc2ccc(O)cc2)C(=O)N2CCN(c3nc(NCCOCCOCCOCc4cn(CCCCCC(=O)Nc5cccc6c5C(=O)N(C5CCC(=O)NC5=O)C6=O)nn4)nc(N4CCN(C(=O)C(Cc5ccc(O)cc5)n5cc(C(N)C(C)CC)nn5)CC4)n3)CC2)nn1. The standard InChI is InChI=1S/C71H94N22O12/c1-5-45(3)62(72)54-42-91(84-81-54)57(39-47-14-18-50(94)19-15-47)66(100)86-26-30-88(31-27-86)70-77-69(78-71(79-70)89-32-28-87(29-33-89)67(101)58(40-48-16-20-51(95)21-17-48)92-43-55(82-85-92)63(73)46(4)6-2)74-24-34-103-35-36-104-37-38-105-44-49-41-90(83-80-49)25-9-7-8-13-59(96)75-53-12-10-11-52-61(53)68(102)93(65(52)99)56-22-23-60(97)76-64(56)98/h10-12,14-21,41-43,45-46,56-58,62-63,94-95H,5-9,13,22-40,44,72-73H2,1-4H3,(H,75,96)(H,76,97,98)(H,74,77,78,79). The number of fused-ring (bicyclic) bond motifs is 1. The van der Waals surface area contributed by atoms with Gasteiger partial charge in [0, 0.05) is 91.1 Å². The van der Waals surface area contributed by atoms with Crippen LogP contribution in [0.2, 0.25) is 0 Å². The van der Waals surface area contributed by atoms with Crippen LogP contribution in [0.15, 0.2) is 85.3 Å². The Kier molecular flexibility index (Phi) is 25.9. The van der Waals surface area contributed by atoms with Crippen molar-refractivity contribution in [2.75, 3.05) is 112 Å². The van der Waals surface area contributed by atoms with Crippen LogP contribution in [-0.2, 0) is 64.2 Å². The van der Waals surface area contributed by atoms with Crippen molar-refractivity contribution in [3.63, 3.8) is 0 Å². The van der Waals surface area contributed by atoms with Gasteiger partial charge in [0.15, 0.2) is 0 Å². The molecule has 34 nitrogen and oxygen atoms in total. The summed E-state index contributed by atoms with van der Waals surface area (Å²) >= 11 is 0. The highest BCUT2D eigenvalue weighted by molar-refractivity contribution is 6.26. The van der Waals surface area contributed by atoms with Crippen LogP contribution in [0, 0.1) is 11.8 Å². The summed E-state index contributed by atoms with van der Waals surface area (Å²) in [5.41, 5.74) is 17.0. The molecule has 11 rings (SSSR count). The van der Waals surface area contributed by atoms with Gasteiger partial charge in [-0.3, -0.25) is 48.5 Å². The maximum absolute atomic E-state index is 14.7. The number of nitrogens with two attached hydrogens (primary N) is 2. The van der Waals surface area contributed by atoms with Gasteiger partial charge in [0.1, 0.15) is 35.3 Å². The van der Waals surface area contributed by atoms with Crippen LogP contribution in [0.4, 0.5) is 23.5 Å². The Labute approximate surface area is 607 Å². The van der Waals surface area contributed by atoms with Crippen LogP contribution in [-0.4, -0.2) is 224 Å². The monoisotopic (exact) mass is 1450 g/mol. The van der Waals surface area contributed by atoms with E-state index in [0.29, 0.717) is 159 Å². The zero-order chi connectivity index (χ0) is 74.1. The molecule has 0 aliphatic carbocycles. The van der Waals surface area contributed by atoms with Crippen LogP contribution >= 0.6 is 0 Å². The Hall–Kier alpha value is -10.4. The lowest BCUT2D eigenvalue weighted by Crippen LogP contribution is -2.54. The van der Waals surface area contributed by atoms with Gasteiger partial charge in [-0.05, 0) is 78.6 Å². The molecular weight excluding hydrogens is 1350 g/mol. The molecule has 7 atom stereocenters. The zero-order valence-corrected chi connectivity index (χ0v) is 59.7. The molecule has 560 valence electrons. The molecular formula is C71H94N22O12. The maximum Gasteiger partial charge on any atom is 0.264 e. The Bertz CT molecular complexity index is 3960. The van der Waals surface area contributed by atoms with Crippen LogP contribution in [0.3, 0.4) is 0 Å². The first-order chi connectivity index (χ1) is 50.8. The summed E-state index contributed by atoms with van der Waals surface area (Å²) in [6.07, 6.45) is 9.82. The van der Waals surface area contributed by atoms with Gasteiger partial charge < -0.3 is 66.1 Å². The predicted octanol–water partition coefficient (Wildman–Crippen LogP) is 3.68. The van der Waals surface area contributed by atoms with E-state index >= 15 is 0 Å². The summed E-state index contributed by atoms with van der Waals surface area (Å²) in [6.45, 7) is 14.0. The van der Waals surface area contributed by atoms with Crippen LogP contribution in [0.5, 0.6) is 11.5 Å². The van der Waals surface area contributed by atoms with Crippen LogP contribution < -0.4 is 37.2 Å². The summed E-state index contributed by atoms with van der Waals surface area (Å²) in [6, 6.07) is 14.8. The second-order valence-corrected chi connectivity index (χ2v) is 26.9. The molecule has 7 unspecified atom stereocenters. The third-order valence-electron chi connectivity index (χ3n) is 19.7. The number of hydrogen-bond donors (Lipinski definition) is 7. The Morgan fingerprint density at radius 3 is 1.71 bits per heavy atom. The van der Waals surface area contributed by atoms with E-state index in [-0.39, 0.29) is 95.8 Å². The number of carbonyl (C=O) groups excluding carboxylic acids is 7. The second-order valence-electron chi connectivity index (χ2n) is 26.9. The molecule has 4 aliphatic heterocycles. The average Bonchev–Trinajstić information content (AvgIpc) is 1.64. The molecule has 105 heavy (non-hydrogen) atoms. The minimum atomic E-state index is -1.11.